The van der Waals surface area contributed by atoms with Crippen molar-refractivity contribution < 1.29 is 4.42 Å². The predicted octanol–water partition coefficient (Wildman–Crippen LogP) is 33.2. The molecule has 626 valence electrons. The first-order valence-electron chi connectivity index (χ1n) is 44.6. The summed E-state index contributed by atoms with van der Waals surface area (Å²) >= 11 is 5.46. The van der Waals surface area contributed by atoms with Crippen molar-refractivity contribution in [3.05, 3.63) is 443 Å². The smallest absolute Gasteiger partial charge is 0.164 e. The Bertz CT molecular complexity index is 9250. The number of para-hydroxylation sites is 1. The second-order valence-corrected chi connectivity index (χ2v) is 36.5. The third kappa shape index (κ3) is 14.6. The Labute approximate surface area is 781 Å². The van der Waals surface area contributed by atoms with Gasteiger partial charge >= 0.3 is 0 Å². The Morgan fingerprint density at radius 3 is 0.888 bits per heavy atom. The molecule has 0 saturated heterocycles. The van der Waals surface area contributed by atoms with E-state index < -0.39 is 0 Å². The minimum atomic E-state index is 0.614. The first-order chi connectivity index (χ1) is 66.4. The van der Waals surface area contributed by atoms with Crippen LogP contribution in [0.1, 0.15) is 0 Å². The van der Waals surface area contributed by atoms with Crippen molar-refractivity contribution in [3.63, 3.8) is 0 Å². The lowest BCUT2D eigenvalue weighted by molar-refractivity contribution is 0.669. The molecule has 0 bridgehead atoms. The van der Waals surface area contributed by atoms with Gasteiger partial charge in [-0.05, 0) is 119 Å². The third-order valence-electron chi connectivity index (χ3n) is 25.2. The van der Waals surface area contributed by atoms with Gasteiger partial charge in [0.25, 0.3) is 0 Å². The lowest BCUT2D eigenvalue weighted by Crippen LogP contribution is -2.00. The van der Waals surface area contributed by atoms with Gasteiger partial charge in [-0.15, -0.1) is 34.0 Å². The topological polar surface area (TPSA) is 129 Å². The van der Waals surface area contributed by atoms with Crippen LogP contribution < -0.4 is 0 Å². The lowest BCUT2D eigenvalue weighted by Gasteiger charge is -2.11. The number of aromatic nitrogens is 9. The molecule has 0 unspecified atom stereocenters. The van der Waals surface area contributed by atoms with Gasteiger partial charge in [-0.25, -0.2) is 44.9 Å². The van der Waals surface area contributed by atoms with E-state index in [1.165, 1.54) is 126 Å². The van der Waals surface area contributed by atoms with E-state index in [-0.39, 0.29) is 0 Å². The second kappa shape index (κ2) is 33.8. The van der Waals surface area contributed by atoms with Crippen LogP contribution in [0.3, 0.4) is 0 Å². The van der Waals surface area contributed by atoms with Gasteiger partial charge < -0.3 is 4.42 Å². The summed E-state index contributed by atoms with van der Waals surface area (Å²) in [6.07, 6.45) is 0. The lowest BCUT2D eigenvalue weighted by atomic mass is 9.97. The Kier molecular flexibility index (Phi) is 19.9. The molecule has 0 atom stereocenters. The predicted molar refractivity (Wildman–Crippen MR) is 561 cm³/mol. The number of hydrogen-bond acceptors (Lipinski definition) is 13. The van der Waals surface area contributed by atoms with Crippen molar-refractivity contribution in [2.24, 2.45) is 0 Å². The van der Waals surface area contributed by atoms with E-state index in [9.17, 15) is 0 Å². The quantitative estimate of drug-likeness (QED) is 0.117. The maximum Gasteiger partial charge on any atom is 0.164 e. The minimum Gasteiger partial charge on any atom is -0.456 e. The zero-order chi connectivity index (χ0) is 88.5. The minimum absolute atomic E-state index is 0.614. The van der Waals surface area contributed by atoms with Crippen LogP contribution in [-0.4, -0.2) is 44.9 Å². The molecule has 0 spiro atoms. The molecule has 20 aromatic carbocycles. The number of fused-ring (bicyclic) bond motifs is 18. The van der Waals surface area contributed by atoms with E-state index in [1.807, 2.05) is 125 Å². The molecule has 0 fully saturated rings. The fraction of sp³-hybridized carbons (Fsp3) is 0. The Balaban J connectivity index is 0.000000108. The normalized spacial score (nSPS) is 11.6. The van der Waals surface area contributed by atoms with Gasteiger partial charge in [0, 0.05) is 121 Å². The Hall–Kier alpha value is -17.1. The number of rotatable bonds is 12. The summed E-state index contributed by atoms with van der Waals surface area (Å²) in [6, 6.07) is 155. The van der Waals surface area contributed by atoms with Gasteiger partial charge in [-0.1, -0.05) is 400 Å². The van der Waals surface area contributed by atoms with Crippen LogP contribution >= 0.6 is 34.0 Å². The highest BCUT2D eigenvalue weighted by molar-refractivity contribution is 7.27. The fourth-order valence-corrected chi connectivity index (χ4v) is 22.4. The molecule has 13 heteroatoms. The molecule has 0 radical (unpaired) electrons. The zero-order valence-corrected chi connectivity index (χ0v) is 74.3. The molecule has 0 aliphatic carbocycles. The number of nitrogens with zero attached hydrogens (tertiary/aromatic N) is 9. The van der Waals surface area contributed by atoms with Crippen LogP contribution in [0.15, 0.2) is 447 Å². The molecule has 0 saturated carbocycles. The maximum absolute atomic E-state index is 6.21. The SMILES string of the molecule is c1ccc(-c2ccc3c(c2)sc2cccc(-c4nc(-c5ccccc5)nc(-c5ccc(-c6cccc7ccccc67)cc5)n4)c23)cc1.c1ccc(-c2nc(-c3ccc(-c4cccc5ccccc45)cc3)nc(-c3cccc4sc5c6ccccc6ccc5c34)n2)cc1.c1ccc(-c2nc(-c3ccc4c(c3)oc3ccccc34)nc(-c3cccc4sc5c6ccccc6ccc5c34)n2)cc1. The summed E-state index contributed by atoms with van der Waals surface area (Å²) in [5, 5.41) is 19.3. The number of furan rings is 1. The van der Waals surface area contributed by atoms with E-state index in [2.05, 4.69) is 352 Å². The third-order valence-corrected chi connectivity index (χ3v) is 28.8. The molecule has 27 rings (SSSR count). The molecule has 10 nitrogen and oxygen atoms in total. The average molecular weight is 1770 g/mol. The molecular weight excluding hydrogens is 1690 g/mol. The molecule has 7 aromatic heterocycles. The number of thiophene rings is 3. The number of benzene rings is 20. The summed E-state index contributed by atoms with van der Waals surface area (Å²) in [6.45, 7) is 0. The molecular formula is C121H73N9OS3. The first-order valence-corrected chi connectivity index (χ1v) is 47.0. The van der Waals surface area contributed by atoms with Crippen LogP contribution in [0.4, 0.5) is 0 Å². The highest BCUT2D eigenvalue weighted by Crippen LogP contribution is 2.48. The largest absolute Gasteiger partial charge is 0.456 e. The molecule has 27 aromatic rings. The van der Waals surface area contributed by atoms with E-state index in [4.69, 9.17) is 49.3 Å². The zero-order valence-electron chi connectivity index (χ0n) is 71.8. The van der Waals surface area contributed by atoms with Crippen LogP contribution in [0.5, 0.6) is 0 Å². The van der Waals surface area contributed by atoms with E-state index in [1.54, 1.807) is 0 Å². The number of hydrogen-bond donors (Lipinski definition) is 0. The summed E-state index contributed by atoms with van der Waals surface area (Å²) in [5.41, 5.74) is 17.5. The van der Waals surface area contributed by atoms with E-state index in [0.717, 1.165) is 83.1 Å². The summed E-state index contributed by atoms with van der Waals surface area (Å²) < 4.78 is 13.7. The Morgan fingerprint density at radius 2 is 0.440 bits per heavy atom. The standard InChI is InChI=1S/C43H27N3S.C41H25N3S.C37H21N3OS/c1-3-11-28(12-4-1)33-25-26-36-39(27-33)47-38-20-10-19-37(40(36)38)43-45-41(31-14-5-2-6-15-31)44-42(46-43)32-23-21-30(22-24-32)35-18-9-16-29-13-7-8-17-34(29)35;1-2-12-29(13-3-1)39-42-40(30-22-20-28(21-23-30)32-17-8-14-26-10-4-6-15-31(26)32)44-41(43-39)35-18-9-19-36-37(35)34-25-24-27-11-5-7-16-33(27)38(34)45-36;1-2-10-23(11-3-1)35-38-36(24-18-19-27-26-13-6-7-15-30(26)41-31(27)21-24)40-37(39-35)29-14-8-16-32-33(29)28-20-17-22-9-4-5-12-25(22)34(28)42-32/h1-27H;1-25H;1-21H. The fourth-order valence-electron chi connectivity index (χ4n) is 18.7. The first kappa shape index (κ1) is 79.1. The van der Waals surface area contributed by atoms with E-state index in [0.29, 0.717) is 52.4 Å². The average Bonchev–Trinajstić information content (AvgIpc) is 1.60. The van der Waals surface area contributed by atoms with Crippen LogP contribution in [0.25, 0.3) is 261 Å². The van der Waals surface area contributed by atoms with Gasteiger partial charge in [0.05, 0.1) is 0 Å². The monoisotopic (exact) mass is 1760 g/mol. The molecule has 0 aliphatic rings. The van der Waals surface area contributed by atoms with Crippen molar-refractivity contribution in [2.75, 3.05) is 0 Å². The van der Waals surface area contributed by atoms with Gasteiger partial charge in [0.15, 0.2) is 52.4 Å². The Morgan fingerprint density at radius 1 is 0.149 bits per heavy atom. The van der Waals surface area contributed by atoms with Crippen molar-refractivity contribution in [1.82, 2.24) is 44.9 Å². The van der Waals surface area contributed by atoms with Crippen LogP contribution in [0.2, 0.25) is 0 Å². The van der Waals surface area contributed by atoms with Crippen LogP contribution in [-0.2, 0) is 0 Å². The van der Waals surface area contributed by atoms with Gasteiger partial charge in [0.2, 0.25) is 0 Å². The van der Waals surface area contributed by atoms with Gasteiger partial charge in [-0.3, -0.25) is 0 Å². The summed E-state index contributed by atoms with van der Waals surface area (Å²) in [4.78, 5) is 45.6. The van der Waals surface area contributed by atoms with Crippen molar-refractivity contribution in [3.8, 4) is 136 Å². The van der Waals surface area contributed by atoms with Gasteiger partial charge in [-0.2, -0.15) is 0 Å². The van der Waals surface area contributed by atoms with Crippen LogP contribution in [0, 0.1) is 0 Å². The molecule has 0 N–H and O–H groups in total. The van der Waals surface area contributed by atoms with Gasteiger partial charge in [0.1, 0.15) is 11.2 Å². The van der Waals surface area contributed by atoms with Crippen molar-refractivity contribution in [2.45, 2.75) is 0 Å². The van der Waals surface area contributed by atoms with E-state index >= 15 is 0 Å². The highest BCUT2D eigenvalue weighted by Gasteiger charge is 2.24. The molecule has 7 heterocycles. The maximum atomic E-state index is 6.21. The highest BCUT2D eigenvalue weighted by atomic mass is 32.1. The summed E-state index contributed by atoms with van der Waals surface area (Å²) in [7, 11) is 0. The van der Waals surface area contributed by atoms with Crippen molar-refractivity contribution in [1.29, 1.82) is 0 Å². The molecule has 0 amide bonds. The van der Waals surface area contributed by atoms with Crippen molar-refractivity contribution >= 4 is 160 Å². The molecule has 0 aliphatic heterocycles. The summed E-state index contributed by atoms with van der Waals surface area (Å²) in [5.74, 6) is 5.89. The second-order valence-electron chi connectivity index (χ2n) is 33.3. The molecule has 134 heavy (non-hydrogen) atoms.